The highest BCUT2D eigenvalue weighted by molar-refractivity contribution is 5.54. The first-order chi connectivity index (χ1) is 12.1. The summed E-state index contributed by atoms with van der Waals surface area (Å²) in [5.41, 5.74) is 0. The Bertz CT molecular complexity index is 352. The van der Waals surface area contributed by atoms with Crippen molar-refractivity contribution in [1.29, 1.82) is 0 Å². The van der Waals surface area contributed by atoms with E-state index >= 15 is 0 Å². The van der Waals surface area contributed by atoms with Crippen molar-refractivity contribution >= 4 is 6.09 Å². The average molecular weight is 355 g/mol. The molecule has 0 aromatic rings. The van der Waals surface area contributed by atoms with Crippen LogP contribution in [0.4, 0.5) is 4.79 Å². The normalized spacial score (nSPS) is 19.0. The van der Waals surface area contributed by atoms with E-state index in [1.54, 1.807) is 0 Å². The second-order valence-corrected chi connectivity index (χ2v) is 8.00. The van der Waals surface area contributed by atoms with Crippen molar-refractivity contribution in [3.05, 3.63) is 0 Å². The predicted octanol–water partition coefficient (Wildman–Crippen LogP) is 4.18. The van der Waals surface area contributed by atoms with Crippen LogP contribution in [0.3, 0.4) is 0 Å². The van der Waals surface area contributed by atoms with Crippen molar-refractivity contribution in [1.82, 2.24) is 4.90 Å². The maximum atomic E-state index is 11.8. The van der Waals surface area contributed by atoms with Crippen LogP contribution in [0.1, 0.15) is 91.4 Å². The number of hydrogen-bond acceptors (Lipinski definition) is 3. The molecule has 1 aliphatic rings. The van der Waals surface area contributed by atoms with Gasteiger partial charge in [-0.2, -0.15) is 0 Å². The zero-order valence-corrected chi connectivity index (χ0v) is 17.1. The van der Waals surface area contributed by atoms with Crippen LogP contribution < -0.4 is 5.11 Å². The van der Waals surface area contributed by atoms with Gasteiger partial charge in [0.15, 0.2) is 0 Å². The Morgan fingerprint density at radius 3 is 1.84 bits per heavy atom. The molecule has 1 aliphatic heterocycles. The number of quaternary nitrogens is 1. The van der Waals surface area contributed by atoms with E-state index in [2.05, 4.69) is 25.7 Å². The third kappa shape index (κ3) is 7.65. The molecule has 0 N–H and O–H groups in total. The van der Waals surface area contributed by atoms with Gasteiger partial charge >= 0.3 is 0 Å². The second-order valence-electron chi connectivity index (χ2n) is 8.00. The van der Waals surface area contributed by atoms with Crippen molar-refractivity contribution in [2.45, 2.75) is 97.4 Å². The van der Waals surface area contributed by atoms with Gasteiger partial charge in [0.1, 0.15) is 0 Å². The van der Waals surface area contributed by atoms with E-state index < -0.39 is 6.09 Å². The molecule has 4 nitrogen and oxygen atoms in total. The van der Waals surface area contributed by atoms with Gasteiger partial charge in [-0.3, -0.25) is 9.38 Å². The fourth-order valence-corrected chi connectivity index (χ4v) is 4.16. The number of carbonyl (C=O) groups excluding carboxylic acids is 1. The number of carboxylic acid groups (broad SMARTS) is 1. The number of hydrogen-bond donors (Lipinski definition) is 0. The number of nitrogens with zero attached hydrogens (tertiary/aromatic N) is 2. The molecule has 1 atom stereocenters. The summed E-state index contributed by atoms with van der Waals surface area (Å²) in [7, 11) is 0. The molecule has 0 bridgehead atoms. The van der Waals surface area contributed by atoms with Crippen molar-refractivity contribution in [2.75, 3.05) is 32.7 Å². The molecule has 4 heteroatoms. The number of amides is 1. The Balaban J connectivity index is 2.17. The first kappa shape index (κ1) is 22.4. The lowest BCUT2D eigenvalue weighted by atomic mass is 10.0. The first-order valence-corrected chi connectivity index (χ1v) is 10.9. The highest BCUT2D eigenvalue weighted by atomic mass is 16.4. The zero-order valence-electron chi connectivity index (χ0n) is 17.1. The van der Waals surface area contributed by atoms with Crippen LogP contribution in [-0.4, -0.2) is 54.2 Å². The van der Waals surface area contributed by atoms with Crippen molar-refractivity contribution < 1.29 is 14.4 Å². The summed E-state index contributed by atoms with van der Waals surface area (Å²) in [5, 5.41) is 11.8. The highest BCUT2D eigenvalue weighted by Crippen LogP contribution is 2.22. The lowest BCUT2D eigenvalue weighted by molar-refractivity contribution is -0.902. The molecular weight excluding hydrogens is 312 g/mol. The molecule has 1 rings (SSSR count). The summed E-state index contributed by atoms with van der Waals surface area (Å²) in [6.07, 6.45) is 13.4. The van der Waals surface area contributed by atoms with Gasteiger partial charge in [-0.15, -0.1) is 0 Å². The fraction of sp³-hybridized carbons (Fsp3) is 0.952. The quantitative estimate of drug-likeness (QED) is 0.368. The maximum Gasteiger partial charge on any atom is 0.257 e. The Labute approximate surface area is 156 Å². The van der Waals surface area contributed by atoms with Crippen LogP contribution in [-0.2, 0) is 0 Å². The van der Waals surface area contributed by atoms with Gasteiger partial charge < -0.3 is 9.90 Å². The van der Waals surface area contributed by atoms with E-state index in [4.69, 9.17) is 0 Å². The third-order valence-electron chi connectivity index (χ3n) is 6.26. The largest absolute Gasteiger partial charge is 0.498 e. The number of carbonyl (C=O) groups is 1. The molecule has 1 fully saturated rings. The van der Waals surface area contributed by atoms with Crippen molar-refractivity contribution in [2.24, 2.45) is 0 Å². The van der Waals surface area contributed by atoms with E-state index in [9.17, 15) is 9.90 Å². The minimum atomic E-state index is -0.865. The molecule has 0 saturated carbocycles. The summed E-state index contributed by atoms with van der Waals surface area (Å²) in [6.45, 7) is 10.7. The monoisotopic (exact) mass is 354 g/mol. The Morgan fingerprint density at radius 1 is 0.920 bits per heavy atom. The van der Waals surface area contributed by atoms with Gasteiger partial charge in [0.25, 0.3) is 6.09 Å². The van der Waals surface area contributed by atoms with Crippen molar-refractivity contribution in [3.8, 4) is 0 Å². The Morgan fingerprint density at radius 2 is 1.40 bits per heavy atom. The molecule has 148 valence electrons. The molecule has 0 aromatic carbocycles. The van der Waals surface area contributed by atoms with Gasteiger partial charge in [0.05, 0.1) is 19.1 Å². The zero-order chi connectivity index (χ0) is 18.5. The summed E-state index contributed by atoms with van der Waals surface area (Å²) < 4.78 is 0.175. The predicted molar refractivity (Wildman–Crippen MR) is 103 cm³/mol. The average Bonchev–Trinajstić information content (AvgIpc) is 2.62. The van der Waals surface area contributed by atoms with Crippen molar-refractivity contribution in [3.63, 3.8) is 0 Å². The second kappa shape index (κ2) is 12.7. The minimum Gasteiger partial charge on any atom is -0.498 e. The molecule has 1 unspecified atom stereocenters. The number of likely N-dealkylation sites (N-methyl/N-ethyl adjacent to an activating group) is 1. The van der Waals surface area contributed by atoms with E-state index in [0.29, 0.717) is 13.1 Å². The molecule has 0 aromatic heterocycles. The smallest absolute Gasteiger partial charge is 0.257 e. The third-order valence-corrected chi connectivity index (χ3v) is 6.26. The van der Waals surface area contributed by atoms with E-state index in [0.717, 1.165) is 32.5 Å². The first-order valence-electron chi connectivity index (χ1n) is 10.9. The van der Waals surface area contributed by atoms with Crippen LogP contribution in [0, 0.1) is 0 Å². The van der Waals surface area contributed by atoms with Crippen LogP contribution >= 0.6 is 0 Å². The molecule has 1 saturated heterocycles. The van der Waals surface area contributed by atoms with E-state index in [1.165, 1.54) is 57.8 Å². The molecule has 1 amide bonds. The molecule has 0 aliphatic carbocycles. The molecule has 25 heavy (non-hydrogen) atoms. The summed E-state index contributed by atoms with van der Waals surface area (Å²) in [4.78, 5) is 14.2. The Kier molecular flexibility index (Phi) is 11.4. The van der Waals surface area contributed by atoms with E-state index in [1.807, 2.05) is 0 Å². The molecular formula is C21H42N2O2. The van der Waals surface area contributed by atoms with Gasteiger partial charge in [-0.05, 0) is 26.3 Å². The minimum absolute atomic E-state index is 0.175. The molecule has 1 heterocycles. The SMILES string of the molecule is CCCCCCCCCCCCC(C)[N+]1(C(=O)[O-])CCN(CC)CC1. The van der Waals surface area contributed by atoms with Crippen LogP contribution in [0.5, 0.6) is 0 Å². The lowest BCUT2D eigenvalue weighted by Crippen LogP contribution is -2.69. The van der Waals surface area contributed by atoms with Crippen LogP contribution in [0.15, 0.2) is 0 Å². The molecule has 0 spiro atoms. The van der Waals surface area contributed by atoms with Gasteiger partial charge in [0, 0.05) is 13.1 Å². The van der Waals surface area contributed by atoms with Crippen LogP contribution in [0.2, 0.25) is 0 Å². The van der Waals surface area contributed by atoms with Crippen LogP contribution in [0.25, 0.3) is 0 Å². The standard InChI is InChI=1S/C21H42N2O2/c1-4-6-7-8-9-10-11-12-13-14-15-20(3)23(21(24)25)18-16-22(5-2)17-19-23/h20H,4-19H2,1-3H3. The lowest BCUT2D eigenvalue weighted by Gasteiger charge is -2.47. The highest BCUT2D eigenvalue weighted by Gasteiger charge is 2.39. The maximum absolute atomic E-state index is 11.8. The summed E-state index contributed by atoms with van der Waals surface area (Å²) in [6, 6.07) is 0.179. The molecule has 0 radical (unpaired) electrons. The van der Waals surface area contributed by atoms with E-state index in [-0.39, 0.29) is 10.5 Å². The summed E-state index contributed by atoms with van der Waals surface area (Å²) in [5.74, 6) is 0. The number of unbranched alkanes of at least 4 members (excludes halogenated alkanes) is 9. The van der Waals surface area contributed by atoms with Gasteiger partial charge in [-0.25, -0.2) is 0 Å². The van der Waals surface area contributed by atoms with Gasteiger partial charge in [0.2, 0.25) is 0 Å². The topological polar surface area (TPSA) is 43.4 Å². The summed E-state index contributed by atoms with van der Waals surface area (Å²) >= 11 is 0. The Hall–Kier alpha value is -0.610. The fourth-order valence-electron chi connectivity index (χ4n) is 4.16. The number of rotatable bonds is 13. The number of piperazine rings is 1. The van der Waals surface area contributed by atoms with Gasteiger partial charge in [-0.1, -0.05) is 71.6 Å².